The Morgan fingerprint density at radius 2 is 2.18 bits per heavy atom. The summed E-state index contributed by atoms with van der Waals surface area (Å²) in [6.07, 6.45) is 2.17. The molecular formula is C11H19N3O2S. The Morgan fingerprint density at radius 3 is 2.65 bits per heavy atom. The van der Waals surface area contributed by atoms with Crippen molar-refractivity contribution < 1.29 is 8.42 Å². The minimum Gasteiger partial charge on any atom is -0.329 e. The largest absolute Gasteiger partial charge is 0.329 e. The standard InChI is InChI=1S/C11H19N3O2S/c1-3-11(8-12)17(15,16)14(2)9-10-6-4-5-7-13-10/h4-7,11H,3,8-9,12H2,1-2H3. The molecule has 0 bridgehead atoms. The molecule has 0 aliphatic rings. The van der Waals surface area contributed by atoms with Gasteiger partial charge in [0.15, 0.2) is 0 Å². The van der Waals surface area contributed by atoms with E-state index in [1.165, 1.54) is 4.31 Å². The summed E-state index contributed by atoms with van der Waals surface area (Å²) < 4.78 is 25.5. The summed E-state index contributed by atoms with van der Waals surface area (Å²) >= 11 is 0. The smallest absolute Gasteiger partial charge is 0.218 e. The number of pyridine rings is 1. The van der Waals surface area contributed by atoms with Gasteiger partial charge in [-0.1, -0.05) is 13.0 Å². The lowest BCUT2D eigenvalue weighted by Gasteiger charge is -2.22. The molecule has 0 fully saturated rings. The van der Waals surface area contributed by atoms with Crippen molar-refractivity contribution in [1.29, 1.82) is 0 Å². The zero-order valence-electron chi connectivity index (χ0n) is 10.2. The Kier molecular flexibility index (Phi) is 5.04. The summed E-state index contributed by atoms with van der Waals surface area (Å²) in [5, 5.41) is -0.517. The molecule has 1 unspecified atom stereocenters. The van der Waals surface area contributed by atoms with Crippen LogP contribution in [-0.4, -0.2) is 36.5 Å². The van der Waals surface area contributed by atoms with Gasteiger partial charge in [-0.25, -0.2) is 8.42 Å². The predicted molar refractivity (Wildman–Crippen MR) is 67.8 cm³/mol. The monoisotopic (exact) mass is 257 g/mol. The Balaban J connectivity index is 2.80. The normalized spacial score (nSPS) is 13.9. The number of hydrogen-bond donors (Lipinski definition) is 1. The number of aromatic nitrogens is 1. The molecular weight excluding hydrogens is 238 g/mol. The molecule has 5 nitrogen and oxygen atoms in total. The summed E-state index contributed by atoms with van der Waals surface area (Å²) in [7, 11) is -1.77. The fourth-order valence-corrected chi connectivity index (χ4v) is 3.05. The first-order chi connectivity index (χ1) is 8.02. The first-order valence-electron chi connectivity index (χ1n) is 5.57. The number of rotatable bonds is 6. The topological polar surface area (TPSA) is 76.3 Å². The molecule has 1 aromatic heterocycles. The average molecular weight is 257 g/mol. The van der Waals surface area contributed by atoms with E-state index in [2.05, 4.69) is 4.98 Å². The number of nitrogens with two attached hydrogens (primary N) is 1. The van der Waals surface area contributed by atoms with Crippen molar-refractivity contribution in [1.82, 2.24) is 9.29 Å². The van der Waals surface area contributed by atoms with Crippen LogP contribution >= 0.6 is 0 Å². The zero-order chi connectivity index (χ0) is 12.9. The number of sulfonamides is 1. The highest BCUT2D eigenvalue weighted by Crippen LogP contribution is 2.12. The molecule has 17 heavy (non-hydrogen) atoms. The van der Waals surface area contributed by atoms with Crippen LogP contribution in [0.5, 0.6) is 0 Å². The van der Waals surface area contributed by atoms with Crippen molar-refractivity contribution in [2.45, 2.75) is 25.1 Å². The Morgan fingerprint density at radius 1 is 1.47 bits per heavy atom. The van der Waals surface area contributed by atoms with Gasteiger partial charge >= 0.3 is 0 Å². The van der Waals surface area contributed by atoms with Gasteiger partial charge in [0.1, 0.15) is 0 Å². The molecule has 1 heterocycles. The second-order valence-electron chi connectivity index (χ2n) is 3.89. The third-order valence-corrected chi connectivity index (χ3v) is 5.05. The van der Waals surface area contributed by atoms with E-state index in [1.807, 2.05) is 13.0 Å². The van der Waals surface area contributed by atoms with Gasteiger partial charge in [-0.15, -0.1) is 0 Å². The van der Waals surface area contributed by atoms with Crippen molar-refractivity contribution in [3.05, 3.63) is 30.1 Å². The molecule has 1 rings (SSSR count). The van der Waals surface area contributed by atoms with Crippen LogP contribution in [0, 0.1) is 0 Å². The molecule has 0 saturated carbocycles. The van der Waals surface area contributed by atoms with Crippen LogP contribution in [-0.2, 0) is 16.6 Å². The summed E-state index contributed by atoms with van der Waals surface area (Å²) in [5.41, 5.74) is 6.21. The molecule has 96 valence electrons. The minimum absolute atomic E-state index is 0.144. The van der Waals surface area contributed by atoms with E-state index in [1.54, 1.807) is 25.4 Å². The molecule has 1 atom stereocenters. The summed E-state index contributed by atoms with van der Waals surface area (Å²) in [6, 6.07) is 5.44. The van der Waals surface area contributed by atoms with Crippen molar-refractivity contribution in [2.75, 3.05) is 13.6 Å². The highest BCUT2D eigenvalue weighted by molar-refractivity contribution is 7.89. The number of hydrogen-bond acceptors (Lipinski definition) is 4. The van der Waals surface area contributed by atoms with Crippen LogP contribution in [0.2, 0.25) is 0 Å². The molecule has 1 aromatic rings. The summed E-state index contributed by atoms with van der Waals surface area (Å²) in [4.78, 5) is 4.11. The van der Waals surface area contributed by atoms with Gasteiger partial charge in [0.25, 0.3) is 0 Å². The molecule has 0 saturated heterocycles. The van der Waals surface area contributed by atoms with Crippen LogP contribution in [0.25, 0.3) is 0 Å². The predicted octanol–water partition coefficient (Wildman–Crippen LogP) is 0.581. The maximum absolute atomic E-state index is 12.1. The van der Waals surface area contributed by atoms with Gasteiger partial charge in [-0.2, -0.15) is 4.31 Å². The van der Waals surface area contributed by atoms with E-state index in [9.17, 15) is 8.42 Å². The third kappa shape index (κ3) is 3.49. The second-order valence-corrected chi connectivity index (χ2v) is 6.21. The lowest BCUT2D eigenvalue weighted by molar-refractivity contribution is 0.449. The lowest BCUT2D eigenvalue weighted by Crippen LogP contribution is -2.39. The first-order valence-corrected chi connectivity index (χ1v) is 7.07. The van der Waals surface area contributed by atoms with Gasteiger partial charge in [0.05, 0.1) is 17.5 Å². The van der Waals surface area contributed by atoms with Crippen LogP contribution in [0.3, 0.4) is 0 Å². The van der Waals surface area contributed by atoms with E-state index < -0.39 is 15.3 Å². The van der Waals surface area contributed by atoms with Crippen molar-refractivity contribution in [3.63, 3.8) is 0 Å². The molecule has 2 N–H and O–H groups in total. The Bertz CT molecular complexity index is 429. The SMILES string of the molecule is CCC(CN)S(=O)(=O)N(C)Cc1ccccn1. The fraction of sp³-hybridized carbons (Fsp3) is 0.545. The van der Waals surface area contributed by atoms with Crippen molar-refractivity contribution in [2.24, 2.45) is 5.73 Å². The summed E-state index contributed by atoms with van der Waals surface area (Å²) in [6.45, 7) is 2.24. The molecule has 6 heteroatoms. The van der Waals surface area contributed by atoms with E-state index in [0.717, 1.165) is 5.69 Å². The Hall–Kier alpha value is -0.980. The van der Waals surface area contributed by atoms with Crippen molar-refractivity contribution in [3.8, 4) is 0 Å². The molecule has 0 amide bonds. The van der Waals surface area contributed by atoms with Gasteiger partial charge in [0.2, 0.25) is 10.0 Å². The first kappa shape index (κ1) is 14.1. The van der Waals surface area contributed by atoms with Gasteiger partial charge < -0.3 is 5.73 Å². The van der Waals surface area contributed by atoms with Crippen LogP contribution < -0.4 is 5.73 Å². The second kappa shape index (κ2) is 6.09. The van der Waals surface area contributed by atoms with Crippen LogP contribution in [0.1, 0.15) is 19.0 Å². The van der Waals surface area contributed by atoms with E-state index >= 15 is 0 Å². The highest BCUT2D eigenvalue weighted by Gasteiger charge is 2.27. The summed E-state index contributed by atoms with van der Waals surface area (Å²) in [5.74, 6) is 0. The maximum Gasteiger partial charge on any atom is 0.218 e. The van der Waals surface area contributed by atoms with Crippen molar-refractivity contribution >= 4 is 10.0 Å². The van der Waals surface area contributed by atoms with E-state index in [0.29, 0.717) is 6.42 Å². The Labute approximate surface area is 103 Å². The molecule has 0 radical (unpaired) electrons. The average Bonchev–Trinajstić information content (AvgIpc) is 2.31. The fourth-order valence-electron chi connectivity index (χ4n) is 1.56. The quantitative estimate of drug-likeness (QED) is 0.809. The van der Waals surface area contributed by atoms with Gasteiger partial charge in [-0.3, -0.25) is 4.98 Å². The van der Waals surface area contributed by atoms with E-state index in [-0.39, 0.29) is 13.1 Å². The zero-order valence-corrected chi connectivity index (χ0v) is 11.0. The lowest BCUT2D eigenvalue weighted by atomic mass is 10.3. The highest BCUT2D eigenvalue weighted by atomic mass is 32.2. The molecule has 0 aliphatic carbocycles. The molecule has 0 aromatic carbocycles. The maximum atomic E-state index is 12.1. The number of nitrogens with zero attached hydrogens (tertiary/aromatic N) is 2. The third-order valence-electron chi connectivity index (χ3n) is 2.68. The van der Waals surface area contributed by atoms with E-state index in [4.69, 9.17) is 5.73 Å². The molecule has 0 spiro atoms. The minimum atomic E-state index is -3.33. The van der Waals surface area contributed by atoms with Gasteiger partial charge in [-0.05, 0) is 18.6 Å². The van der Waals surface area contributed by atoms with Gasteiger partial charge in [0, 0.05) is 19.8 Å². The van der Waals surface area contributed by atoms with Crippen LogP contribution in [0.15, 0.2) is 24.4 Å². The molecule has 0 aliphatic heterocycles. The van der Waals surface area contributed by atoms with Crippen LogP contribution in [0.4, 0.5) is 0 Å².